The molecule has 0 radical (unpaired) electrons. The highest BCUT2D eigenvalue weighted by atomic mass is 32.1. The molecule has 34 heavy (non-hydrogen) atoms. The van der Waals surface area contributed by atoms with Gasteiger partial charge in [-0.3, -0.25) is 9.59 Å². The summed E-state index contributed by atoms with van der Waals surface area (Å²) in [5, 5.41) is 5.14. The Labute approximate surface area is 202 Å². The maximum Gasteiger partial charge on any atom is 0.271 e. The second-order valence-corrected chi connectivity index (χ2v) is 9.90. The topological polar surface area (TPSA) is 88.6 Å². The summed E-state index contributed by atoms with van der Waals surface area (Å²) < 4.78 is 10.7. The summed E-state index contributed by atoms with van der Waals surface area (Å²) >= 11 is 1.34. The number of rotatable bonds is 8. The molecule has 3 heterocycles. The summed E-state index contributed by atoms with van der Waals surface area (Å²) in [5.41, 5.74) is 2.07. The molecule has 176 valence electrons. The van der Waals surface area contributed by atoms with Crippen LogP contribution in [0.15, 0.2) is 75.3 Å². The summed E-state index contributed by atoms with van der Waals surface area (Å²) in [7, 11) is 0. The Morgan fingerprint density at radius 3 is 2.26 bits per heavy atom. The van der Waals surface area contributed by atoms with Gasteiger partial charge < -0.3 is 19.1 Å². The molecule has 4 aromatic rings. The average Bonchev–Trinajstić information content (AvgIpc) is 3.59. The lowest BCUT2D eigenvalue weighted by molar-refractivity contribution is 0.0717. The van der Waals surface area contributed by atoms with Crippen LogP contribution in [0.2, 0.25) is 0 Å². The molecule has 0 fully saturated rings. The standard InChI is InChI=1S/C26H27N3O4S/c1-26(2,3)19-10-8-18(9-11-19)25(31)29(15-21-7-5-13-33-21)16-23-28-22(17-34-23)24(30)27-14-20-6-4-12-32-20/h4-13,17H,14-16H2,1-3H3,(H,27,30). The largest absolute Gasteiger partial charge is 0.467 e. The summed E-state index contributed by atoms with van der Waals surface area (Å²) in [5.74, 6) is 0.917. The van der Waals surface area contributed by atoms with Crippen molar-refractivity contribution < 1.29 is 18.4 Å². The Bertz CT molecular complexity index is 1220. The van der Waals surface area contributed by atoms with Gasteiger partial charge in [0.1, 0.15) is 22.2 Å². The number of hydrogen-bond donors (Lipinski definition) is 1. The van der Waals surface area contributed by atoms with E-state index in [1.54, 1.807) is 41.0 Å². The van der Waals surface area contributed by atoms with Crippen molar-refractivity contribution in [3.05, 3.63) is 99.8 Å². The number of thiazole rings is 1. The van der Waals surface area contributed by atoms with E-state index < -0.39 is 0 Å². The van der Waals surface area contributed by atoms with Crippen molar-refractivity contribution in [2.75, 3.05) is 0 Å². The highest BCUT2D eigenvalue weighted by Crippen LogP contribution is 2.23. The average molecular weight is 478 g/mol. The molecule has 7 nitrogen and oxygen atoms in total. The minimum atomic E-state index is -0.291. The quantitative estimate of drug-likeness (QED) is 0.367. The molecular weight excluding hydrogens is 450 g/mol. The van der Waals surface area contributed by atoms with Crippen LogP contribution in [0, 0.1) is 0 Å². The van der Waals surface area contributed by atoms with Crippen molar-refractivity contribution in [2.45, 2.75) is 45.8 Å². The van der Waals surface area contributed by atoms with Crippen LogP contribution in [0.4, 0.5) is 0 Å². The third-order valence-electron chi connectivity index (χ3n) is 5.33. The number of nitrogens with one attached hydrogen (secondary N) is 1. The molecule has 2 amide bonds. The highest BCUT2D eigenvalue weighted by Gasteiger charge is 2.21. The van der Waals surface area contributed by atoms with Gasteiger partial charge in [0.05, 0.1) is 32.2 Å². The van der Waals surface area contributed by atoms with Gasteiger partial charge in [0.25, 0.3) is 11.8 Å². The lowest BCUT2D eigenvalue weighted by Gasteiger charge is -2.22. The first-order valence-electron chi connectivity index (χ1n) is 11.0. The summed E-state index contributed by atoms with van der Waals surface area (Å²) in [6.45, 7) is 7.25. The van der Waals surface area contributed by atoms with E-state index in [2.05, 4.69) is 31.1 Å². The Hall–Kier alpha value is -3.65. The van der Waals surface area contributed by atoms with E-state index in [0.29, 0.717) is 34.3 Å². The third kappa shape index (κ3) is 5.82. The highest BCUT2D eigenvalue weighted by molar-refractivity contribution is 7.09. The molecule has 1 aromatic carbocycles. The van der Waals surface area contributed by atoms with Crippen LogP contribution in [0.25, 0.3) is 0 Å². The number of aromatic nitrogens is 1. The molecule has 0 aliphatic rings. The number of hydrogen-bond acceptors (Lipinski definition) is 6. The molecule has 1 N–H and O–H groups in total. The van der Waals surface area contributed by atoms with Gasteiger partial charge in [0.15, 0.2) is 0 Å². The Morgan fingerprint density at radius 2 is 1.65 bits per heavy atom. The van der Waals surface area contributed by atoms with Gasteiger partial charge in [-0.05, 0) is 47.4 Å². The maximum absolute atomic E-state index is 13.4. The van der Waals surface area contributed by atoms with Gasteiger partial charge in [-0.15, -0.1) is 11.3 Å². The minimum absolute atomic E-state index is 0.00420. The molecule has 0 spiro atoms. The molecule has 0 unspecified atom stereocenters. The predicted molar refractivity (Wildman–Crippen MR) is 129 cm³/mol. The molecule has 0 saturated carbocycles. The van der Waals surface area contributed by atoms with E-state index in [9.17, 15) is 9.59 Å². The van der Waals surface area contributed by atoms with E-state index in [1.165, 1.54) is 11.3 Å². The first-order valence-corrected chi connectivity index (χ1v) is 11.8. The predicted octanol–water partition coefficient (Wildman–Crippen LogP) is 5.40. The van der Waals surface area contributed by atoms with Gasteiger partial charge in [-0.2, -0.15) is 0 Å². The van der Waals surface area contributed by atoms with Crippen molar-refractivity contribution in [3.63, 3.8) is 0 Å². The Balaban J connectivity index is 1.48. The fourth-order valence-corrected chi connectivity index (χ4v) is 4.20. The van der Waals surface area contributed by atoms with Gasteiger partial charge in [0, 0.05) is 10.9 Å². The monoisotopic (exact) mass is 477 g/mol. The van der Waals surface area contributed by atoms with Crippen LogP contribution >= 0.6 is 11.3 Å². The fourth-order valence-electron chi connectivity index (χ4n) is 3.41. The number of carbonyl (C=O) groups excluding carboxylic acids is 2. The minimum Gasteiger partial charge on any atom is -0.467 e. The first kappa shape index (κ1) is 23.5. The van der Waals surface area contributed by atoms with E-state index >= 15 is 0 Å². The van der Waals surface area contributed by atoms with Gasteiger partial charge in [-0.1, -0.05) is 32.9 Å². The van der Waals surface area contributed by atoms with Crippen molar-refractivity contribution in [1.82, 2.24) is 15.2 Å². The van der Waals surface area contributed by atoms with E-state index in [0.717, 1.165) is 5.56 Å². The third-order valence-corrected chi connectivity index (χ3v) is 6.16. The second-order valence-electron chi connectivity index (χ2n) is 8.96. The zero-order chi connectivity index (χ0) is 24.1. The lowest BCUT2D eigenvalue weighted by atomic mass is 9.86. The summed E-state index contributed by atoms with van der Waals surface area (Å²) in [6.07, 6.45) is 3.14. The van der Waals surface area contributed by atoms with Crippen LogP contribution in [-0.2, 0) is 25.0 Å². The number of amides is 2. The van der Waals surface area contributed by atoms with Crippen LogP contribution in [0.3, 0.4) is 0 Å². The van der Waals surface area contributed by atoms with Crippen LogP contribution in [-0.4, -0.2) is 21.7 Å². The van der Waals surface area contributed by atoms with Crippen LogP contribution < -0.4 is 5.32 Å². The smallest absolute Gasteiger partial charge is 0.271 e. The first-order chi connectivity index (χ1) is 16.3. The van der Waals surface area contributed by atoms with Gasteiger partial charge >= 0.3 is 0 Å². The Morgan fingerprint density at radius 1 is 0.971 bits per heavy atom. The van der Waals surface area contributed by atoms with Crippen molar-refractivity contribution in [3.8, 4) is 0 Å². The number of carbonyl (C=O) groups is 2. The fraction of sp³-hybridized carbons (Fsp3) is 0.269. The van der Waals surface area contributed by atoms with E-state index in [-0.39, 0.29) is 30.3 Å². The van der Waals surface area contributed by atoms with Crippen molar-refractivity contribution in [2.24, 2.45) is 0 Å². The second kappa shape index (κ2) is 10.1. The molecule has 8 heteroatoms. The molecule has 0 saturated heterocycles. The van der Waals surface area contributed by atoms with Gasteiger partial charge in [0.2, 0.25) is 0 Å². The van der Waals surface area contributed by atoms with Gasteiger partial charge in [-0.25, -0.2) is 4.98 Å². The Kier molecular flexibility index (Phi) is 6.98. The molecule has 0 aliphatic heterocycles. The zero-order valence-electron chi connectivity index (χ0n) is 19.4. The maximum atomic E-state index is 13.4. The summed E-state index contributed by atoms with van der Waals surface area (Å²) in [4.78, 5) is 32.0. The molecule has 0 bridgehead atoms. The molecule has 0 aliphatic carbocycles. The van der Waals surface area contributed by atoms with Crippen LogP contribution in [0.1, 0.15) is 63.7 Å². The number of furan rings is 2. The van der Waals surface area contributed by atoms with E-state index in [4.69, 9.17) is 8.83 Å². The lowest BCUT2D eigenvalue weighted by Crippen LogP contribution is -2.30. The zero-order valence-corrected chi connectivity index (χ0v) is 20.2. The number of benzene rings is 1. The molecule has 3 aromatic heterocycles. The van der Waals surface area contributed by atoms with E-state index in [1.807, 2.05) is 30.3 Å². The molecule has 0 atom stereocenters. The molecule has 4 rings (SSSR count). The SMILES string of the molecule is CC(C)(C)c1ccc(C(=O)N(Cc2ccco2)Cc2nc(C(=O)NCc3ccco3)cs2)cc1. The van der Waals surface area contributed by atoms with Crippen molar-refractivity contribution in [1.29, 1.82) is 0 Å². The normalized spacial score (nSPS) is 11.4. The van der Waals surface area contributed by atoms with Crippen LogP contribution in [0.5, 0.6) is 0 Å². The summed E-state index contributed by atoms with van der Waals surface area (Å²) in [6, 6.07) is 14.9. The van der Waals surface area contributed by atoms with Crippen molar-refractivity contribution >= 4 is 23.2 Å². The molecular formula is C26H27N3O4S. The number of nitrogens with zero attached hydrogens (tertiary/aromatic N) is 2.